The molecule has 0 saturated heterocycles. The topological polar surface area (TPSA) is 58.9 Å². The maximum absolute atomic E-state index is 11.7. The van der Waals surface area contributed by atoms with E-state index < -0.39 is 0 Å². The summed E-state index contributed by atoms with van der Waals surface area (Å²) in [5.74, 6) is 0. The zero-order valence-corrected chi connectivity index (χ0v) is 13.8. The van der Waals surface area contributed by atoms with Gasteiger partial charge in [-0.05, 0) is 35.9 Å². The molecule has 5 rings (SSSR count). The van der Waals surface area contributed by atoms with Gasteiger partial charge in [0.1, 0.15) is 4.88 Å². The van der Waals surface area contributed by atoms with Gasteiger partial charge in [-0.1, -0.05) is 36.4 Å². The molecular formula is C20H12N2O2S. The lowest BCUT2D eigenvalue weighted by atomic mass is 10.1. The fourth-order valence-corrected chi connectivity index (χ4v) is 4.57. The second kappa shape index (κ2) is 5.16. The predicted octanol–water partition coefficient (Wildman–Crippen LogP) is 6.11. The van der Waals surface area contributed by atoms with Crippen LogP contribution in [0.2, 0.25) is 0 Å². The summed E-state index contributed by atoms with van der Waals surface area (Å²) in [6.45, 7) is 0. The number of nitrogens with zero attached hydrogens (tertiary/aromatic N) is 1. The molecular weight excluding hydrogens is 332 g/mol. The molecule has 0 amide bonds. The number of aromatic nitrogens is 1. The highest BCUT2D eigenvalue weighted by molar-refractivity contribution is 7.23. The van der Waals surface area contributed by atoms with Crippen LogP contribution in [-0.4, -0.2) is 9.91 Å². The van der Waals surface area contributed by atoms with Crippen LogP contribution >= 0.6 is 11.3 Å². The molecule has 120 valence electrons. The van der Waals surface area contributed by atoms with Crippen LogP contribution in [0.25, 0.3) is 42.3 Å². The molecule has 1 N–H and O–H groups in total. The molecule has 5 heteroatoms. The molecule has 3 aromatic carbocycles. The Balaban J connectivity index is 1.84. The van der Waals surface area contributed by atoms with Crippen molar-refractivity contribution in [2.45, 2.75) is 0 Å². The molecule has 0 atom stereocenters. The zero-order valence-electron chi connectivity index (χ0n) is 13.0. The second-order valence-corrected chi connectivity index (χ2v) is 7.02. The Bertz CT molecular complexity index is 1280. The number of aromatic amines is 1. The molecule has 0 fully saturated rings. The van der Waals surface area contributed by atoms with E-state index in [9.17, 15) is 10.1 Å². The SMILES string of the molecule is O=[N+]([O-])c1c(-c2ccc3[nH]c4ccccc4c3c2)sc2ccccc12. The molecule has 4 nitrogen and oxygen atoms in total. The van der Waals surface area contributed by atoms with E-state index in [0.29, 0.717) is 10.3 Å². The minimum Gasteiger partial charge on any atom is -0.355 e. The number of rotatable bonds is 2. The lowest BCUT2D eigenvalue weighted by Crippen LogP contribution is -1.88. The minimum atomic E-state index is -0.270. The maximum atomic E-state index is 11.7. The fraction of sp³-hybridized carbons (Fsp3) is 0. The molecule has 0 aliphatic carbocycles. The number of thiophene rings is 1. The smallest absolute Gasteiger partial charge is 0.295 e. The average Bonchev–Trinajstić information content (AvgIpc) is 3.19. The van der Waals surface area contributed by atoms with Gasteiger partial charge in [0.25, 0.3) is 5.69 Å². The lowest BCUT2D eigenvalue weighted by Gasteiger charge is -1.99. The Morgan fingerprint density at radius 2 is 1.56 bits per heavy atom. The van der Waals surface area contributed by atoms with Crippen molar-refractivity contribution in [2.75, 3.05) is 0 Å². The summed E-state index contributed by atoms with van der Waals surface area (Å²) in [7, 11) is 0. The minimum absolute atomic E-state index is 0.194. The number of fused-ring (bicyclic) bond motifs is 4. The molecule has 0 unspecified atom stereocenters. The molecule has 0 aliphatic rings. The van der Waals surface area contributed by atoms with E-state index in [-0.39, 0.29) is 10.6 Å². The van der Waals surface area contributed by atoms with E-state index in [1.165, 1.54) is 11.3 Å². The van der Waals surface area contributed by atoms with Gasteiger partial charge >= 0.3 is 0 Å². The van der Waals surface area contributed by atoms with Crippen molar-refractivity contribution in [3.05, 3.63) is 76.8 Å². The van der Waals surface area contributed by atoms with E-state index in [0.717, 1.165) is 32.1 Å². The number of hydrogen-bond donors (Lipinski definition) is 1. The average molecular weight is 344 g/mol. The summed E-state index contributed by atoms with van der Waals surface area (Å²) < 4.78 is 0.934. The van der Waals surface area contributed by atoms with Gasteiger partial charge in [-0.2, -0.15) is 0 Å². The third-order valence-corrected chi connectivity index (χ3v) is 5.73. The van der Waals surface area contributed by atoms with Crippen LogP contribution in [0.4, 0.5) is 5.69 Å². The van der Waals surface area contributed by atoms with Crippen molar-refractivity contribution >= 4 is 48.9 Å². The van der Waals surface area contributed by atoms with Gasteiger partial charge in [0.2, 0.25) is 0 Å². The molecule has 0 bridgehead atoms. The van der Waals surface area contributed by atoms with Crippen molar-refractivity contribution < 1.29 is 4.92 Å². The first-order valence-corrected chi connectivity index (χ1v) is 8.71. The number of nitrogens with one attached hydrogen (secondary N) is 1. The van der Waals surface area contributed by atoms with Crippen molar-refractivity contribution in [1.82, 2.24) is 4.98 Å². The second-order valence-electron chi connectivity index (χ2n) is 5.96. The highest BCUT2D eigenvalue weighted by Crippen LogP contribution is 2.44. The Morgan fingerprint density at radius 1 is 0.840 bits per heavy atom. The monoisotopic (exact) mass is 344 g/mol. The summed E-state index contributed by atoms with van der Waals surface area (Å²) in [6.07, 6.45) is 0. The number of H-pyrrole nitrogens is 1. The summed E-state index contributed by atoms with van der Waals surface area (Å²) in [5, 5.41) is 14.6. The largest absolute Gasteiger partial charge is 0.355 e. The summed E-state index contributed by atoms with van der Waals surface area (Å²) >= 11 is 1.47. The molecule has 0 saturated carbocycles. The molecule has 25 heavy (non-hydrogen) atoms. The van der Waals surface area contributed by atoms with E-state index in [1.807, 2.05) is 60.7 Å². The number of para-hydroxylation sites is 1. The number of benzene rings is 3. The quantitative estimate of drug-likeness (QED) is 0.310. The Morgan fingerprint density at radius 3 is 2.40 bits per heavy atom. The van der Waals surface area contributed by atoms with Crippen molar-refractivity contribution in [3.63, 3.8) is 0 Å². The molecule has 2 heterocycles. The van der Waals surface area contributed by atoms with Crippen LogP contribution in [0, 0.1) is 10.1 Å². The molecule has 5 aromatic rings. The van der Waals surface area contributed by atoms with Crippen LogP contribution < -0.4 is 0 Å². The van der Waals surface area contributed by atoms with E-state index in [2.05, 4.69) is 11.1 Å². The Labute approximate surface area is 146 Å². The standard InChI is InChI=1S/C20H12N2O2S/c23-22(24)19-14-6-2-4-8-18(14)25-20(19)12-9-10-17-15(11-12)13-5-1-3-7-16(13)21-17/h1-11,21H. The molecule has 0 radical (unpaired) electrons. The van der Waals surface area contributed by atoms with Gasteiger partial charge in [0.15, 0.2) is 0 Å². The first-order valence-electron chi connectivity index (χ1n) is 7.89. The van der Waals surface area contributed by atoms with Gasteiger partial charge in [-0.3, -0.25) is 10.1 Å². The van der Waals surface area contributed by atoms with E-state index in [1.54, 1.807) is 0 Å². The van der Waals surface area contributed by atoms with Crippen LogP contribution in [-0.2, 0) is 0 Å². The van der Waals surface area contributed by atoms with Gasteiger partial charge in [0, 0.05) is 26.5 Å². The number of hydrogen-bond acceptors (Lipinski definition) is 3. The summed E-state index contributed by atoms with van der Waals surface area (Å²) in [5.41, 5.74) is 3.18. The third kappa shape index (κ3) is 2.06. The summed E-state index contributed by atoms with van der Waals surface area (Å²) in [6, 6.07) is 21.6. The van der Waals surface area contributed by atoms with Crippen LogP contribution in [0.15, 0.2) is 66.7 Å². The highest BCUT2D eigenvalue weighted by Gasteiger charge is 2.23. The lowest BCUT2D eigenvalue weighted by molar-refractivity contribution is -0.382. The first-order chi connectivity index (χ1) is 12.2. The molecule has 2 aromatic heterocycles. The van der Waals surface area contributed by atoms with Crippen LogP contribution in [0.5, 0.6) is 0 Å². The van der Waals surface area contributed by atoms with Gasteiger partial charge < -0.3 is 4.98 Å². The Kier molecular flexibility index (Phi) is 2.93. The van der Waals surface area contributed by atoms with E-state index in [4.69, 9.17) is 0 Å². The fourth-order valence-electron chi connectivity index (χ4n) is 3.40. The van der Waals surface area contributed by atoms with E-state index >= 15 is 0 Å². The normalized spacial score (nSPS) is 11.5. The Hall–Kier alpha value is -3.18. The highest BCUT2D eigenvalue weighted by atomic mass is 32.1. The third-order valence-electron chi connectivity index (χ3n) is 4.52. The van der Waals surface area contributed by atoms with Crippen molar-refractivity contribution in [3.8, 4) is 10.4 Å². The molecule has 0 spiro atoms. The maximum Gasteiger partial charge on any atom is 0.295 e. The summed E-state index contributed by atoms with van der Waals surface area (Å²) in [4.78, 5) is 15.5. The van der Waals surface area contributed by atoms with Crippen molar-refractivity contribution in [2.24, 2.45) is 0 Å². The first kappa shape index (κ1) is 14.2. The van der Waals surface area contributed by atoms with Gasteiger partial charge in [-0.25, -0.2) is 0 Å². The van der Waals surface area contributed by atoms with Crippen LogP contribution in [0.3, 0.4) is 0 Å². The van der Waals surface area contributed by atoms with Crippen molar-refractivity contribution in [1.29, 1.82) is 0 Å². The predicted molar refractivity (Wildman–Crippen MR) is 103 cm³/mol. The van der Waals surface area contributed by atoms with Gasteiger partial charge in [0.05, 0.1) is 10.3 Å². The number of nitro groups is 1. The zero-order chi connectivity index (χ0) is 17.0. The molecule has 0 aliphatic heterocycles. The van der Waals surface area contributed by atoms with Crippen LogP contribution in [0.1, 0.15) is 0 Å². The van der Waals surface area contributed by atoms with Gasteiger partial charge in [-0.15, -0.1) is 11.3 Å².